The average molecular weight is 391 g/mol. The van der Waals surface area contributed by atoms with Crippen LogP contribution < -0.4 is 4.72 Å². The highest BCUT2D eigenvalue weighted by Gasteiger charge is 2.38. The number of hydrogen-bond donors (Lipinski definition) is 2. The number of anilines is 1. The molecule has 4 aromatic rings. The lowest BCUT2D eigenvalue weighted by Gasteiger charge is -2.13. The van der Waals surface area contributed by atoms with Gasteiger partial charge in [0.25, 0.3) is 10.0 Å². The van der Waals surface area contributed by atoms with Gasteiger partial charge >= 0.3 is 0 Å². The van der Waals surface area contributed by atoms with Crippen molar-refractivity contribution in [3.05, 3.63) is 71.9 Å². The van der Waals surface area contributed by atoms with Crippen molar-refractivity contribution in [1.82, 2.24) is 9.88 Å². The van der Waals surface area contributed by atoms with E-state index < -0.39 is 10.0 Å². The Morgan fingerprint density at radius 2 is 1.68 bits per heavy atom. The van der Waals surface area contributed by atoms with Crippen molar-refractivity contribution in [2.45, 2.75) is 10.8 Å². The van der Waals surface area contributed by atoms with Crippen molar-refractivity contribution in [2.75, 3.05) is 25.4 Å². The number of fused-ring (bicyclic) bond motifs is 4. The number of sulfonamides is 1. The molecule has 1 aliphatic rings. The predicted molar refractivity (Wildman–Crippen MR) is 113 cm³/mol. The van der Waals surface area contributed by atoms with Gasteiger partial charge in [0.2, 0.25) is 0 Å². The molecule has 3 aromatic carbocycles. The topological polar surface area (TPSA) is 65.2 Å². The molecule has 1 aliphatic carbocycles. The number of benzene rings is 3. The zero-order chi connectivity index (χ0) is 19.5. The van der Waals surface area contributed by atoms with Crippen molar-refractivity contribution in [3.63, 3.8) is 0 Å². The molecule has 1 unspecified atom stereocenters. The number of nitrogens with one attached hydrogen (secondary N) is 2. The summed E-state index contributed by atoms with van der Waals surface area (Å²) in [6.45, 7) is 0.961. The van der Waals surface area contributed by atoms with Crippen LogP contribution in [0, 0.1) is 0 Å². The second-order valence-electron chi connectivity index (χ2n) is 7.58. The molecule has 0 aliphatic heterocycles. The van der Waals surface area contributed by atoms with Crippen LogP contribution in [0.1, 0.15) is 17.2 Å². The van der Waals surface area contributed by atoms with E-state index in [1.165, 1.54) is 11.3 Å². The standard InChI is InChI=1S/C22H21N3O2S/c1-25(2)13-17-20-16-10-6-11-18(21(16)23-22(17)20)24-28(26,27)19-12-5-8-14-7-3-4-9-15(14)19/h3-12,17,23-24H,13H2,1-2H3. The van der Waals surface area contributed by atoms with E-state index >= 15 is 0 Å². The zero-order valence-electron chi connectivity index (χ0n) is 15.7. The fourth-order valence-corrected chi connectivity index (χ4v) is 5.37. The first-order chi connectivity index (χ1) is 13.5. The predicted octanol–water partition coefficient (Wildman–Crippen LogP) is 4.13. The monoisotopic (exact) mass is 391 g/mol. The third-order valence-electron chi connectivity index (χ3n) is 5.35. The third-order valence-corrected chi connectivity index (χ3v) is 6.77. The summed E-state index contributed by atoms with van der Waals surface area (Å²) < 4.78 is 29.1. The summed E-state index contributed by atoms with van der Waals surface area (Å²) in [5.74, 6) is 0.424. The second-order valence-corrected chi connectivity index (χ2v) is 9.23. The Bertz CT molecular complexity index is 1320. The molecule has 1 aromatic heterocycles. The number of aromatic amines is 1. The van der Waals surface area contributed by atoms with Gasteiger partial charge in [-0.05, 0) is 37.2 Å². The summed E-state index contributed by atoms with van der Waals surface area (Å²) in [4.78, 5) is 5.89. The lowest BCUT2D eigenvalue weighted by molar-refractivity contribution is 0.408. The largest absolute Gasteiger partial charge is 0.356 e. The highest BCUT2D eigenvalue weighted by molar-refractivity contribution is 7.93. The third kappa shape index (κ3) is 2.68. The number of aromatic nitrogens is 1. The van der Waals surface area contributed by atoms with Gasteiger partial charge in [-0.15, -0.1) is 0 Å². The molecule has 28 heavy (non-hydrogen) atoms. The average Bonchev–Trinajstić information content (AvgIpc) is 3.16. The number of hydrogen-bond acceptors (Lipinski definition) is 3. The summed E-state index contributed by atoms with van der Waals surface area (Å²) in [7, 11) is 0.407. The van der Waals surface area contributed by atoms with Crippen LogP contribution in [0.3, 0.4) is 0 Å². The van der Waals surface area contributed by atoms with Gasteiger partial charge in [-0.2, -0.15) is 0 Å². The van der Waals surface area contributed by atoms with Crippen LogP contribution in [0.15, 0.2) is 65.6 Å². The van der Waals surface area contributed by atoms with Crippen molar-refractivity contribution in [1.29, 1.82) is 0 Å². The fraction of sp³-hybridized carbons (Fsp3) is 0.182. The number of para-hydroxylation sites is 1. The van der Waals surface area contributed by atoms with E-state index in [-0.39, 0.29) is 4.90 Å². The van der Waals surface area contributed by atoms with Gasteiger partial charge in [0, 0.05) is 28.9 Å². The van der Waals surface area contributed by atoms with E-state index in [0.717, 1.165) is 28.2 Å². The Kier molecular flexibility index (Phi) is 3.76. The lowest BCUT2D eigenvalue weighted by atomic mass is 10.1. The van der Waals surface area contributed by atoms with Gasteiger partial charge in [0.15, 0.2) is 0 Å². The first kappa shape index (κ1) is 17.3. The maximum atomic E-state index is 13.2. The molecule has 5 nitrogen and oxygen atoms in total. The summed E-state index contributed by atoms with van der Waals surface area (Å²) >= 11 is 0. The molecule has 0 fully saturated rings. The van der Waals surface area contributed by atoms with Gasteiger partial charge in [0.05, 0.1) is 16.1 Å². The van der Waals surface area contributed by atoms with Gasteiger partial charge < -0.3 is 9.88 Å². The quantitative estimate of drug-likeness (QED) is 0.538. The smallest absolute Gasteiger partial charge is 0.262 e. The summed E-state index contributed by atoms with van der Waals surface area (Å²) in [6.07, 6.45) is 0. The maximum absolute atomic E-state index is 13.2. The number of H-pyrrole nitrogens is 1. The molecule has 0 radical (unpaired) electrons. The van der Waals surface area contributed by atoms with Crippen molar-refractivity contribution >= 4 is 37.4 Å². The highest BCUT2D eigenvalue weighted by atomic mass is 32.2. The minimum Gasteiger partial charge on any atom is -0.356 e. The van der Waals surface area contributed by atoms with Crippen molar-refractivity contribution in [3.8, 4) is 0 Å². The van der Waals surface area contributed by atoms with Crippen LogP contribution in [0.4, 0.5) is 5.69 Å². The molecule has 0 bridgehead atoms. The van der Waals surface area contributed by atoms with E-state index in [1.807, 2.05) is 36.4 Å². The van der Waals surface area contributed by atoms with E-state index in [0.29, 0.717) is 11.6 Å². The van der Waals surface area contributed by atoms with E-state index in [1.54, 1.807) is 18.2 Å². The molecule has 2 N–H and O–H groups in total. The van der Waals surface area contributed by atoms with Gasteiger partial charge in [-0.1, -0.05) is 48.5 Å². The molecule has 6 heteroatoms. The Labute approximate surface area is 164 Å². The fourth-order valence-electron chi connectivity index (χ4n) is 4.07. The first-order valence-corrected chi connectivity index (χ1v) is 10.7. The maximum Gasteiger partial charge on any atom is 0.262 e. The van der Waals surface area contributed by atoms with E-state index in [4.69, 9.17) is 0 Å². The van der Waals surface area contributed by atoms with Crippen LogP contribution >= 0.6 is 0 Å². The van der Waals surface area contributed by atoms with Crippen LogP contribution in [-0.2, 0) is 10.0 Å². The van der Waals surface area contributed by atoms with Gasteiger partial charge in [-0.25, -0.2) is 8.42 Å². The molecular formula is C22H21N3O2S. The molecule has 5 rings (SSSR count). The minimum absolute atomic E-state index is 0.289. The Morgan fingerprint density at radius 1 is 0.964 bits per heavy atom. The molecule has 0 spiro atoms. The van der Waals surface area contributed by atoms with Crippen LogP contribution in [-0.4, -0.2) is 38.9 Å². The molecule has 0 saturated carbocycles. The van der Waals surface area contributed by atoms with E-state index in [9.17, 15) is 8.42 Å². The normalized spacial score (nSPS) is 15.9. The molecule has 1 heterocycles. The highest BCUT2D eigenvalue weighted by Crippen LogP contribution is 2.49. The second kappa shape index (κ2) is 6.09. The SMILES string of the molecule is CN(C)CC1c2[nH]c3c(NS(=O)(=O)c4cccc5ccccc45)cccc3c21. The first-order valence-electron chi connectivity index (χ1n) is 9.25. The number of rotatable bonds is 5. The van der Waals surface area contributed by atoms with Crippen molar-refractivity contribution in [2.24, 2.45) is 0 Å². The van der Waals surface area contributed by atoms with Gasteiger partial charge in [-0.3, -0.25) is 4.72 Å². The Balaban J connectivity index is 1.54. The van der Waals surface area contributed by atoms with Crippen LogP contribution in [0.25, 0.3) is 21.7 Å². The molecule has 0 saturated heterocycles. The summed E-state index contributed by atoms with van der Waals surface area (Å²) in [6, 6.07) is 18.6. The number of likely N-dealkylation sites (N-methyl/N-ethyl adjacent to an activating group) is 1. The summed E-state index contributed by atoms with van der Waals surface area (Å²) in [5.41, 5.74) is 3.95. The minimum atomic E-state index is -3.71. The van der Waals surface area contributed by atoms with Crippen LogP contribution in [0.2, 0.25) is 0 Å². The Morgan fingerprint density at radius 3 is 2.50 bits per heavy atom. The van der Waals surface area contributed by atoms with E-state index in [2.05, 4.69) is 34.8 Å². The summed E-state index contributed by atoms with van der Waals surface area (Å²) in [5, 5.41) is 2.72. The van der Waals surface area contributed by atoms with Crippen LogP contribution in [0.5, 0.6) is 0 Å². The molecule has 0 amide bonds. The molecular weight excluding hydrogens is 370 g/mol. The number of nitrogens with zero attached hydrogens (tertiary/aromatic N) is 1. The lowest BCUT2D eigenvalue weighted by Crippen LogP contribution is -2.15. The molecule has 142 valence electrons. The zero-order valence-corrected chi connectivity index (χ0v) is 16.5. The Hall–Kier alpha value is -2.83. The van der Waals surface area contributed by atoms with Crippen molar-refractivity contribution < 1.29 is 8.42 Å². The van der Waals surface area contributed by atoms with Gasteiger partial charge in [0.1, 0.15) is 0 Å². The molecule has 1 atom stereocenters.